The van der Waals surface area contributed by atoms with Crippen LogP contribution in [0.3, 0.4) is 0 Å². The second-order valence-electron chi connectivity index (χ2n) is 6.67. The molecule has 154 valence electrons. The number of ether oxygens (including phenoxy) is 2. The molecule has 2 aromatic carbocycles. The van der Waals surface area contributed by atoms with Crippen LogP contribution in [0, 0.1) is 6.92 Å². The molecule has 5 N–H and O–H groups in total. The molecule has 0 aliphatic carbocycles. The van der Waals surface area contributed by atoms with Gasteiger partial charge in [0.2, 0.25) is 5.95 Å². The summed E-state index contributed by atoms with van der Waals surface area (Å²) in [7, 11) is 1.87. The molecule has 1 aromatic heterocycles. The predicted molar refractivity (Wildman–Crippen MR) is 115 cm³/mol. The molecule has 1 aliphatic rings. The summed E-state index contributed by atoms with van der Waals surface area (Å²) >= 11 is 0. The molecule has 2 heterocycles. The number of hydrogen-bond donors (Lipinski definition) is 4. The van der Waals surface area contributed by atoms with E-state index in [9.17, 15) is 4.79 Å². The molecule has 1 amide bonds. The number of nitrogens with zero attached hydrogens (tertiary/aromatic N) is 2. The SMILES string of the molecule is CNc1cc(Nc2nccc(Nc3ccc4c(c3C(N)=O)OCCO4)n2)ccc1C. The van der Waals surface area contributed by atoms with Crippen molar-refractivity contribution >= 4 is 34.7 Å². The minimum Gasteiger partial charge on any atom is -0.486 e. The summed E-state index contributed by atoms with van der Waals surface area (Å²) in [6.07, 6.45) is 1.62. The second kappa shape index (κ2) is 8.16. The number of primary amides is 1. The third-order valence-corrected chi connectivity index (χ3v) is 4.64. The number of hydrogen-bond acceptors (Lipinski definition) is 8. The summed E-state index contributed by atoms with van der Waals surface area (Å²) in [5.41, 5.74) is 9.29. The molecular weight excluding hydrogens is 384 g/mol. The van der Waals surface area contributed by atoms with Crippen molar-refractivity contribution in [3.05, 3.63) is 53.7 Å². The van der Waals surface area contributed by atoms with Gasteiger partial charge in [-0.05, 0) is 42.8 Å². The Morgan fingerprint density at radius 2 is 1.90 bits per heavy atom. The van der Waals surface area contributed by atoms with E-state index in [0.29, 0.717) is 42.2 Å². The van der Waals surface area contributed by atoms with Crippen LogP contribution in [0.1, 0.15) is 15.9 Å². The highest BCUT2D eigenvalue weighted by molar-refractivity contribution is 6.03. The van der Waals surface area contributed by atoms with Crippen LogP contribution < -0.4 is 31.2 Å². The lowest BCUT2D eigenvalue weighted by Gasteiger charge is -2.22. The Labute approximate surface area is 173 Å². The number of nitrogens with one attached hydrogen (secondary N) is 3. The lowest BCUT2D eigenvalue weighted by atomic mass is 10.1. The third kappa shape index (κ3) is 3.90. The van der Waals surface area contributed by atoms with Crippen LogP contribution >= 0.6 is 0 Å². The maximum atomic E-state index is 12.1. The van der Waals surface area contributed by atoms with Crippen LogP contribution in [0.15, 0.2) is 42.6 Å². The summed E-state index contributed by atoms with van der Waals surface area (Å²) in [6.45, 7) is 2.80. The van der Waals surface area contributed by atoms with Crippen LogP contribution in [0.4, 0.5) is 28.8 Å². The quantitative estimate of drug-likeness (QED) is 0.492. The minimum absolute atomic E-state index is 0.220. The number of anilines is 5. The van der Waals surface area contributed by atoms with Gasteiger partial charge in [0.1, 0.15) is 24.6 Å². The number of fused-ring (bicyclic) bond motifs is 1. The zero-order valence-electron chi connectivity index (χ0n) is 16.7. The first-order chi connectivity index (χ1) is 14.5. The fraction of sp³-hybridized carbons (Fsp3) is 0.190. The lowest BCUT2D eigenvalue weighted by molar-refractivity contribution is 0.0990. The van der Waals surface area contributed by atoms with Crippen molar-refractivity contribution in [1.82, 2.24) is 9.97 Å². The standard InChI is InChI=1S/C21H22N6O3/c1-12-3-4-13(11-15(12)23-2)25-21-24-8-7-17(27-21)26-14-5-6-16-19(18(14)20(22)28)30-10-9-29-16/h3-8,11,23H,9-10H2,1-2H3,(H2,22,28)(H2,24,25,26,27). The van der Waals surface area contributed by atoms with E-state index in [0.717, 1.165) is 16.9 Å². The smallest absolute Gasteiger partial charge is 0.254 e. The number of rotatable bonds is 6. The normalized spacial score (nSPS) is 12.2. The Balaban J connectivity index is 1.60. The van der Waals surface area contributed by atoms with Gasteiger partial charge in [-0.3, -0.25) is 4.79 Å². The highest BCUT2D eigenvalue weighted by Crippen LogP contribution is 2.38. The number of benzene rings is 2. The fourth-order valence-electron chi connectivity index (χ4n) is 3.19. The van der Waals surface area contributed by atoms with Crippen molar-refractivity contribution in [3.63, 3.8) is 0 Å². The Hall–Kier alpha value is -4.01. The minimum atomic E-state index is -0.619. The van der Waals surface area contributed by atoms with Crippen LogP contribution in [0.2, 0.25) is 0 Å². The molecule has 30 heavy (non-hydrogen) atoms. The number of nitrogens with two attached hydrogens (primary N) is 1. The molecule has 9 heteroatoms. The van der Waals surface area contributed by atoms with E-state index < -0.39 is 5.91 Å². The summed E-state index contributed by atoms with van der Waals surface area (Å²) in [6, 6.07) is 11.1. The van der Waals surface area contributed by atoms with E-state index >= 15 is 0 Å². The van der Waals surface area contributed by atoms with Crippen LogP contribution in [-0.2, 0) is 0 Å². The average molecular weight is 406 g/mol. The van der Waals surface area contributed by atoms with Gasteiger partial charge in [0.05, 0.1) is 5.69 Å². The molecule has 9 nitrogen and oxygen atoms in total. The van der Waals surface area contributed by atoms with E-state index in [2.05, 4.69) is 25.9 Å². The highest BCUT2D eigenvalue weighted by atomic mass is 16.6. The van der Waals surface area contributed by atoms with E-state index in [1.807, 2.05) is 32.2 Å². The molecule has 0 spiro atoms. The second-order valence-corrected chi connectivity index (χ2v) is 6.67. The van der Waals surface area contributed by atoms with Crippen molar-refractivity contribution < 1.29 is 14.3 Å². The van der Waals surface area contributed by atoms with Crippen molar-refractivity contribution in [2.24, 2.45) is 5.73 Å². The van der Waals surface area contributed by atoms with Gasteiger partial charge in [-0.15, -0.1) is 0 Å². The van der Waals surface area contributed by atoms with Crippen molar-refractivity contribution in [3.8, 4) is 11.5 Å². The topological polar surface area (TPSA) is 123 Å². The molecule has 0 bridgehead atoms. The third-order valence-electron chi connectivity index (χ3n) is 4.64. The first-order valence-electron chi connectivity index (χ1n) is 9.43. The zero-order valence-corrected chi connectivity index (χ0v) is 16.7. The Kier molecular flexibility index (Phi) is 5.25. The summed E-state index contributed by atoms with van der Waals surface area (Å²) in [5, 5.41) is 9.45. The van der Waals surface area contributed by atoms with E-state index in [1.165, 1.54) is 0 Å². The van der Waals surface area contributed by atoms with E-state index in [4.69, 9.17) is 15.2 Å². The largest absolute Gasteiger partial charge is 0.486 e. The predicted octanol–water partition coefficient (Wildman–Crippen LogP) is 3.18. The summed E-state index contributed by atoms with van der Waals surface area (Å²) < 4.78 is 11.1. The zero-order chi connectivity index (χ0) is 21.1. The molecule has 0 radical (unpaired) electrons. The molecule has 0 unspecified atom stereocenters. The van der Waals surface area contributed by atoms with Gasteiger partial charge in [0.25, 0.3) is 5.91 Å². The Morgan fingerprint density at radius 1 is 1.07 bits per heavy atom. The lowest BCUT2D eigenvalue weighted by Crippen LogP contribution is -2.21. The van der Waals surface area contributed by atoms with Gasteiger partial charge in [-0.2, -0.15) is 4.98 Å². The number of aromatic nitrogens is 2. The van der Waals surface area contributed by atoms with Crippen LogP contribution in [0.25, 0.3) is 0 Å². The molecular formula is C21H22N6O3. The van der Waals surface area contributed by atoms with Gasteiger partial charge < -0.3 is 31.2 Å². The molecule has 0 saturated heterocycles. The first kappa shape index (κ1) is 19.3. The molecule has 0 atom stereocenters. The number of aryl methyl sites for hydroxylation is 1. The number of carbonyl (C=O) groups excluding carboxylic acids is 1. The fourth-order valence-corrected chi connectivity index (χ4v) is 3.19. The molecule has 0 fully saturated rings. The van der Waals surface area contributed by atoms with Gasteiger partial charge >= 0.3 is 0 Å². The molecule has 1 aliphatic heterocycles. The Morgan fingerprint density at radius 3 is 2.70 bits per heavy atom. The van der Waals surface area contributed by atoms with E-state index in [1.54, 1.807) is 24.4 Å². The first-order valence-corrected chi connectivity index (χ1v) is 9.43. The van der Waals surface area contributed by atoms with E-state index in [-0.39, 0.29) is 5.56 Å². The number of carbonyl (C=O) groups is 1. The van der Waals surface area contributed by atoms with Crippen LogP contribution in [-0.4, -0.2) is 36.1 Å². The summed E-state index contributed by atoms with van der Waals surface area (Å²) in [5.74, 6) is 1.11. The van der Waals surface area contributed by atoms with Crippen molar-refractivity contribution in [2.75, 3.05) is 36.2 Å². The van der Waals surface area contributed by atoms with Gasteiger partial charge in [-0.1, -0.05) is 6.07 Å². The maximum Gasteiger partial charge on any atom is 0.254 e. The maximum absolute atomic E-state index is 12.1. The van der Waals surface area contributed by atoms with Gasteiger partial charge in [-0.25, -0.2) is 4.98 Å². The Bertz CT molecular complexity index is 1100. The molecule has 4 rings (SSSR count). The van der Waals surface area contributed by atoms with Crippen molar-refractivity contribution in [2.45, 2.75) is 6.92 Å². The average Bonchev–Trinajstić information content (AvgIpc) is 2.75. The number of amides is 1. The van der Waals surface area contributed by atoms with Crippen molar-refractivity contribution in [1.29, 1.82) is 0 Å². The summed E-state index contributed by atoms with van der Waals surface area (Å²) in [4.78, 5) is 20.8. The molecule has 3 aromatic rings. The monoisotopic (exact) mass is 406 g/mol. The molecule has 0 saturated carbocycles. The van der Waals surface area contributed by atoms with Gasteiger partial charge in [0.15, 0.2) is 11.5 Å². The van der Waals surface area contributed by atoms with Crippen LogP contribution in [0.5, 0.6) is 11.5 Å². The van der Waals surface area contributed by atoms with Gasteiger partial charge in [0, 0.05) is 24.6 Å². The highest BCUT2D eigenvalue weighted by Gasteiger charge is 2.23.